The Morgan fingerprint density at radius 3 is 2.00 bits per heavy atom. The minimum Gasteiger partial charge on any atom is -0.290 e. The summed E-state index contributed by atoms with van der Waals surface area (Å²) in [6.45, 7) is 7.81. The van der Waals surface area contributed by atoms with Crippen molar-refractivity contribution in [3.8, 4) is 0 Å². The lowest BCUT2D eigenvalue weighted by Gasteiger charge is -1.85. The van der Waals surface area contributed by atoms with Gasteiger partial charge in [0.1, 0.15) is 0 Å². The van der Waals surface area contributed by atoms with E-state index in [4.69, 9.17) is 0 Å². The van der Waals surface area contributed by atoms with Crippen molar-refractivity contribution in [3.63, 3.8) is 0 Å². The normalized spacial score (nSPS) is 9.67. The van der Waals surface area contributed by atoms with Crippen molar-refractivity contribution >= 4 is 5.78 Å². The number of carbonyl (C=O) groups is 1. The fourth-order valence-corrected chi connectivity index (χ4v) is 0.668. The lowest BCUT2D eigenvalue weighted by atomic mass is 10.2. The summed E-state index contributed by atoms with van der Waals surface area (Å²) in [5.74, 6) is 0.0486. The lowest BCUT2D eigenvalue weighted by Crippen LogP contribution is -1.85. The molecule has 0 saturated carbocycles. The minimum absolute atomic E-state index is 0.0486. The van der Waals surface area contributed by atoms with Crippen LogP contribution in [-0.2, 0) is 4.79 Å². The highest BCUT2D eigenvalue weighted by Crippen LogP contribution is 1.92. The summed E-state index contributed by atoms with van der Waals surface area (Å²) in [7, 11) is 0. The highest BCUT2D eigenvalue weighted by Gasteiger charge is 1.87. The van der Waals surface area contributed by atoms with E-state index in [0.717, 1.165) is 5.57 Å². The zero-order valence-corrected chi connectivity index (χ0v) is 8.22. The van der Waals surface area contributed by atoms with Crippen molar-refractivity contribution in [2.24, 2.45) is 0 Å². The Bertz CT molecular complexity index is 234. The van der Waals surface area contributed by atoms with E-state index in [0.29, 0.717) is 0 Å². The molecule has 0 radical (unpaired) electrons. The monoisotopic (exact) mass is 164 g/mol. The van der Waals surface area contributed by atoms with E-state index in [1.807, 2.05) is 33.8 Å². The molecular weight excluding hydrogens is 148 g/mol. The molecule has 66 valence electrons. The number of rotatable bonds is 3. The topological polar surface area (TPSA) is 17.1 Å². The largest absolute Gasteiger partial charge is 0.290 e. The molecule has 0 saturated heterocycles. The third kappa shape index (κ3) is 7.00. The second-order valence-corrected chi connectivity index (χ2v) is 3.23. The van der Waals surface area contributed by atoms with Crippen LogP contribution in [0.3, 0.4) is 0 Å². The average Bonchev–Trinajstić information content (AvgIpc) is 1.84. The Labute approximate surface area is 74.5 Å². The van der Waals surface area contributed by atoms with Crippen LogP contribution in [0, 0.1) is 0 Å². The van der Waals surface area contributed by atoms with Gasteiger partial charge in [-0.25, -0.2) is 0 Å². The van der Waals surface area contributed by atoms with E-state index in [2.05, 4.69) is 0 Å². The quantitative estimate of drug-likeness (QED) is 0.463. The Balaban J connectivity index is 4.11. The average molecular weight is 164 g/mol. The predicted molar refractivity (Wildman–Crippen MR) is 53.0 cm³/mol. The number of carbonyl (C=O) groups excluding carboxylic acids is 1. The van der Waals surface area contributed by atoms with Crippen LogP contribution in [0.1, 0.15) is 27.7 Å². The highest BCUT2D eigenvalue weighted by molar-refractivity contribution is 5.99. The van der Waals surface area contributed by atoms with E-state index in [1.165, 1.54) is 5.57 Å². The van der Waals surface area contributed by atoms with Crippen molar-refractivity contribution in [3.05, 3.63) is 35.5 Å². The second-order valence-electron chi connectivity index (χ2n) is 3.23. The summed E-state index contributed by atoms with van der Waals surface area (Å²) in [4.78, 5) is 11.0. The van der Waals surface area contributed by atoms with Crippen LogP contribution in [0.4, 0.5) is 0 Å². The van der Waals surface area contributed by atoms with Gasteiger partial charge in [0.05, 0.1) is 0 Å². The fraction of sp³-hybridized carbons (Fsp3) is 0.364. The maximum Gasteiger partial charge on any atom is 0.178 e. The third-order valence-electron chi connectivity index (χ3n) is 1.12. The van der Waals surface area contributed by atoms with Crippen molar-refractivity contribution < 1.29 is 4.79 Å². The summed E-state index contributed by atoms with van der Waals surface area (Å²) in [5.41, 5.74) is 2.22. The van der Waals surface area contributed by atoms with Crippen LogP contribution in [0.5, 0.6) is 0 Å². The molecule has 0 aromatic rings. The van der Waals surface area contributed by atoms with Gasteiger partial charge in [0.25, 0.3) is 0 Å². The summed E-state index contributed by atoms with van der Waals surface area (Å²) >= 11 is 0. The molecule has 0 rings (SSSR count). The van der Waals surface area contributed by atoms with Gasteiger partial charge in [-0.2, -0.15) is 0 Å². The first-order chi connectivity index (χ1) is 5.52. The maximum absolute atomic E-state index is 11.0. The lowest BCUT2D eigenvalue weighted by molar-refractivity contribution is -0.110. The van der Waals surface area contributed by atoms with Gasteiger partial charge in [-0.15, -0.1) is 0 Å². The number of hydrogen-bond acceptors (Lipinski definition) is 1. The van der Waals surface area contributed by atoms with Crippen molar-refractivity contribution in [2.45, 2.75) is 27.7 Å². The summed E-state index contributed by atoms with van der Waals surface area (Å²) < 4.78 is 0. The SMILES string of the molecule is CC(C)=C/C=C/C(=O)C=C(C)C. The first-order valence-corrected chi connectivity index (χ1v) is 4.03. The molecule has 0 spiro atoms. The minimum atomic E-state index is 0.0486. The molecule has 0 aliphatic heterocycles. The van der Waals surface area contributed by atoms with Crippen LogP contribution in [0.2, 0.25) is 0 Å². The Kier molecular flexibility index (Phi) is 5.02. The Hall–Kier alpha value is -1.11. The molecule has 0 amide bonds. The molecular formula is C11H16O. The molecule has 1 nitrogen and oxygen atoms in total. The van der Waals surface area contributed by atoms with E-state index in [9.17, 15) is 4.79 Å². The zero-order valence-electron chi connectivity index (χ0n) is 8.22. The highest BCUT2D eigenvalue weighted by atomic mass is 16.1. The van der Waals surface area contributed by atoms with Crippen LogP contribution < -0.4 is 0 Å². The van der Waals surface area contributed by atoms with Gasteiger partial charge in [0.15, 0.2) is 5.78 Å². The molecule has 0 bridgehead atoms. The van der Waals surface area contributed by atoms with Crippen molar-refractivity contribution in [1.29, 1.82) is 0 Å². The molecule has 0 atom stereocenters. The van der Waals surface area contributed by atoms with E-state index in [1.54, 1.807) is 18.2 Å². The fourth-order valence-electron chi connectivity index (χ4n) is 0.668. The maximum atomic E-state index is 11.0. The first-order valence-electron chi connectivity index (χ1n) is 4.03. The first kappa shape index (κ1) is 10.9. The second kappa shape index (κ2) is 5.53. The van der Waals surface area contributed by atoms with Gasteiger partial charge >= 0.3 is 0 Å². The number of ketones is 1. The predicted octanol–water partition coefficient (Wildman–Crippen LogP) is 3.04. The Morgan fingerprint density at radius 1 is 1.00 bits per heavy atom. The molecule has 0 heterocycles. The molecule has 0 aromatic heterocycles. The number of hydrogen-bond donors (Lipinski definition) is 0. The standard InChI is InChI=1S/C11H16O/c1-9(2)6-5-7-11(12)8-10(3)4/h5-8H,1-4H3/b7-5+. The van der Waals surface area contributed by atoms with Gasteiger partial charge in [-0.3, -0.25) is 4.79 Å². The molecule has 0 aliphatic rings. The molecule has 1 heteroatoms. The molecule has 0 fully saturated rings. The van der Waals surface area contributed by atoms with Gasteiger partial charge in [-0.1, -0.05) is 23.3 Å². The van der Waals surface area contributed by atoms with Crippen molar-refractivity contribution in [2.75, 3.05) is 0 Å². The van der Waals surface area contributed by atoms with E-state index < -0.39 is 0 Å². The summed E-state index contributed by atoms with van der Waals surface area (Å²) in [5, 5.41) is 0. The van der Waals surface area contributed by atoms with Crippen LogP contribution in [0.25, 0.3) is 0 Å². The van der Waals surface area contributed by atoms with Gasteiger partial charge in [-0.05, 0) is 39.8 Å². The van der Waals surface area contributed by atoms with Gasteiger partial charge < -0.3 is 0 Å². The third-order valence-corrected chi connectivity index (χ3v) is 1.12. The number of allylic oxidation sites excluding steroid dienone is 6. The Morgan fingerprint density at radius 2 is 1.58 bits per heavy atom. The molecule has 0 N–H and O–H groups in total. The van der Waals surface area contributed by atoms with Gasteiger partial charge in [0, 0.05) is 0 Å². The molecule has 0 aromatic carbocycles. The molecule has 12 heavy (non-hydrogen) atoms. The molecule has 0 unspecified atom stereocenters. The zero-order chi connectivity index (χ0) is 9.56. The van der Waals surface area contributed by atoms with Crippen LogP contribution in [-0.4, -0.2) is 5.78 Å². The smallest absolute Gasteiger partial charge is 0.178 e. The summed E-state index contributed by atoms with van der Waals surface area (Å²) in [6, 6.07) is 0. The van der Waals surface area contributed by atoms with E-state index in [-0.39, 0.29) is 5.78 Å². The van der Waals surface area contributed by atoms with Crippen LogP contribution in [0.15, 0.2) is 35.5 Å². The van der Waals surface area contributed by atoms with Crippen molar-refractivity contribution in [1.82, 2.24) is 0 Å². The van der Waals surface area contributed by atoms with Gasteiger partial charge in [0.2, 0.25) is 0 Å². The van der Waals surface area contributed by atoms with E-state index >= 15 is 0 Å². The van der Waals surface area contributed by atoms with Crippen LogP contribution >= 0.6 is 0 Å². The molecule has 0 aliphatic carbocycles. The summed E-state index contributed by atoms with van der Waals surface area (Å²) in [6.07, 6.45) is 6.88.